The van der Waals surface area contributed by atoms with Crippen molar-refractivity contribution in [3.8, 4) is 0 Å². The molecule has 0 spiro atoms. The molecule has 1 aliphatic carbocycles. The summed E-state index contributed by atoms with van der Waals surface area (Å²) < 4.78 is 4.67. The Labute approximate surface area is 133 Å². The van der Waals surface area contributed by atoms with Crippen LogP contribution in [0.2, 0.25) is 10.0 Å². The van der Waals surface area contributed by atoms with Gasteiger partial charge in [-0.2, -0.15) is 0 Å². The maximum Gasteiger partial charge on any atom is 0.316 e. The van der Waals surface area contributed by atoms with E-state index in [2.05, 4.69) is 10.1 Å². The summed E-state index contributed by atoms with van der Waals surface area (Å²) in [7, 11) is 1.29. The zero-order valence-corrected chi connectivity index (χ0v) is 13.2. The molecule has 0 saturated carbocycles. The van der Waals surface area contributed by atoms with E-state index < -0.39 is 11.9 Å². The monoisotopic (exact) mass is 327 g/mol. The Morgan fingerprint density at radius 1 is 1.38 bits per heavy atom. The molecular weight excluding hydrogens is 313 g/mol. The van der Waals surface area contributed by atoms with E-state index in [1.807, 2.05) is 6.92 Å². The van der Waals surface area contributed by atoms with Gasteiger partial charge in [0.1, 0.15) is 5.92 Å². The van der Waals surface area contributed by atoms with Crippen molar-refractivity contribution in [2.45, 2.75) is 13.3 Å². The van der Waals surface area contributed by atoms with Crippen LogP contribution in [0.25, 0.3) is 0 Å². The summed E-state index contributed by atoms with van der Waals surface area (Å²) in [4.78, 5) is 23.7. The standard InChI is InChI=1S/C15H15Cl2NO3/c1-8-5-10(7-13(19)14(8)15(20)21-2)18-12-4-3-9(16)6-11(12)17/h3-4,6-8,14,18H,5H2,1-2H3/t8-,14+/m1/s1. The molecule has 0 aliphatic heterocycles. The molecule has 1 aromatic rings. The summed E-state index contributed by atoms with van der Waals surface area (Å²) in [5.41, 5.74) is 1.39. The van der Waals surface area contributed by atoms with E-state index in [-0.39, 0.29) is 11.7 Å². The zero-order valence-electron chi connectivity index (χ0n) is 11.7. The molecule has 1 aliphatic rings. The number of hydrogen-bond donors (Lipinski definition) is 1. The average Bonchev–Trinajstić information content (AvgIpc) is 2.41. The first-order valence-corrected chi connectivity index (χ1v) is 7.22. The van der Waals surface area contributed by atoms with Gasteiger partial charge in [0.05, 0.1) is 17.8 Å². The minimum atomic E-state index is -0.735. The number of ketones is 1. The molecular formula is C15H15Cl2NO3. The lowest BCUT2D eigenvalue weighted by Crippen LogP contribution is -2.34. The maximum absolute atomic E-state index is 12.1. The lowest BCUT2D eigenvalue weighted by Gasteiger charge is -2.26. The van der Waals surface area contributed by atoms with Crippen LogP contribution in [0.15, 0.2) is 30.0 Å². The Bertz CT molecular complexity index is 613. The van der Waals surface area contributed by atoms with Crippen LogP contribution in [-0.2, 0) is 14.3 Å². The van der Waals surface area contributed by atoms with E-state index in [9.17, 15) is 9.59 Å². The maximum atomic E-state index is 12.1. The van der Waals surface area contributed by atoms with Gasteiger partial charge in [0.2, 0.25) is 0 Å². The third-order valence-electron chi connectivity index (χ3n) is 3.42. The van der Waals surface area contributed by atoms with Gasteiger partial charge in [0.15, 0.2) is 5.78 Å². The van der Waals surface area contributed by atoms with Crippen molar-refractivity contribution in [1.82, 2.24) is 0 Å². The lowest BCUT2D eigenvalue weighted by molar-refractivity contribution is -0.150. The summed E-state index contributed by atoms with van der Waals surface area (Å²) in [6.07, 6.45) is 2.00. The second-order valence-corrected chi connectivity index (χ2v) is 5.85. The van der Waals surface area contributed by atoms with Gasteiger partial charge in [-0.25, -0.2) is 0 Å². The Balaban J connectivity index is 2.19. The highest BCUT2D eigenvalue weighted by Gasteiger charge is 2.35. The SMILES string of the molecule is COC(=O)[C@@H]1C(=O)C=C(Nc2ccc(Cl)cc2Cl)C[C@H]1C. The van der Waals surface area contributed by atoms with Gasteiger partial charge in [-0.05, 0) is 30.5 Å². The molecule has 6 heteroatoms. The van der Waals surface area contributed by atoms with Crippen LogP contribution in [0, 0.1) is 11.8 Å². The van der Waals surface area contributed by atoms with Crippen LogP contribution in [0.4, 0.5) is 5.69 Å². The van der Waals surface area contributed by atoms with Crippen molar-refractivity contribution in [2.24, 2.45) is 11.8 Å². The van der Waals surface area contributed by atoms with Crippen molar-refractivity contribution >= 4 is 40.6 Å². The summed E-state index contributed by atoms with van der Waals surface area (Å²) in [6.45, 7) is 1.84. The Hall–Kier alpha value is -1.52. The van der Waals surface area contributed by atoms with Gasteiger partial charge in [-0.3, -0.25) is 9.59 Å². The van der Waals surface area contributed by atoms with Crippen LogP contribution < -0.4 is 5.32 Å². The van der Waals surface area contributed by atoms with Crippen molar-refractivity contribution in [2.75, 3.05) is 12.4 Å². The Morgan fingerprint density at radius 2 is 2.10 bits per heavy atom. The van der Waals surface area contributed by atoms with E-state index in [1.165, 1.54) is 13.2 Å². The van der Waals surface area contributed by atoms with Crippen molar-refractivity contribution in [1.29, 1.82) is 0 Å². The molecule has 112 valence electrons. The number of benzene rings is 1. The number of hydrogen-bond acceptors (Lipinski definition) is 4. The van der Waals surface area contributed by atoms with Crippen molar-refractivity contribution in [3.05, 3.63) is 40.0 Å². The predicted octanol–water partition coefficient (Wildman–Crippen LogP) is 3.69. The lowest BCUT2D eigenvalue weighted by atomic mass is 9.82. The smallest absolute Gasteiger partial charge is 0.316 e. The molecule has 0 saturated heterocycles. The fourth-order valence-electron chi connectivity index (χ4n) is 2.39. The number of halogens is 2. The first-order chi connectivity index (χ1) is 9.92. The molecule has 0 amide bonds. The molecule has 0 radical (unpaired) electrons. The molecule has 2 atom stereocenters. The third-order valence-corrected chi connectivity index (χ3v) is 3.96. The van der Waals surface area contributed by atoms with Crippen LogP contribution >= 0.6 is 23.2 Å². The first kappa shape index (κ1) is 15.9. The minimum absolute atomic E-state index is 0.136. The predicted molar refractivity (Wildman–Crippen MR) is 82.5 cm³/mol. The molecule has 0 aromatic heterocycles. The van der Waals surface area contributed by atoms with Crippen molar-refractivity contribution < 1.29 is 14.3 Å². The highest BCUT2D eigenvalue weighted by atomic mass is 35.5. The number of carbonyl (C=O) groups is 2. The van der Waals surface area contributed by atoms with E-state index in [0.29, 0.717) is 22.2 Å². The van der Waals surface area contributed by atoms with Gasteiger partial charge in [-0.15, -0.1) is 0 Å². The summed E-state index contributed by atoms with van der Waals surface area (Å²) in [5.74, 6) is -1.62. The Morgan fingerprint density at radius 3 is 2.67 bits per heavy atom. The molecule has 2 rings (SSSR count). The number of nitrogens with one attached hydrogen (secondary N) is 1. The second kappa shape index (κ2) is 6.50. The second-order valence-electron chi connectivity index (χ2n) is 5.00. The molecule has 0 unspecified atom stereocenters. The van der Waals surface area contributed by atoms with Gasteiger partial charge >= 0.3 is 5.97 Å². The first-order valence-electron chi connectivity index (χ1n) is 6.46. The molecule has 1 N–H and O–H groups in total. The molecule has 0 bridgehead atoms. The number of carbonyl (C=O) groups excluding carboxylic acids is 2. The van der Waals surface area contributed by atoms with Crippen LogP contribution in [-0.4, -0.2) is 18.9 Å². The number of anilines is 1. The van der Waals surface area contributed by atoms with Gasteiger partial charge < -0.3 is 10.1 Å². The number of rotatable bonds is 3. The quantitative estimate of drug-likeness (QED) is 0.679. The molecule has 0 heterocycles. The highest BCUT2D eigenvalue weighted by Crippen LogP contribution is 2.32. The van der Waals surface area contributed by atoms with E-state index in [0.717, 1.165) is 5.70 Å². The molecule has 21 heavy (non-hydrogen) atoms. The summed E-state index contributed by atoms with van der Waals surface area (Å²) in [5, 5.41) is 4.12. The number of methoxy groups -OCH3 is 1. The average molecular weight is 328 g/mol. The van der Waals surface area contributed by atoms with Crippen LogP contribution in [0.5, 0.6) is 0 Å². The highest BCUT2D eigenvalue weighted by molar-refractivity contribution is 6.36. The van der Waals surface area contributed by atoms with E-state index >= 15 is 0 Å². The third kappa shape index (κ3) is 3.57. The van der Waals surface area contributed by atoms with Crippen LogP contribution in [0.3, 0.4) is 0 Å². The van der Waals surface area contributed by atoms with Crippen molar-refractivity contribution in [3.63, 3.8) is 0 Å². The van der Waals surface area contributed by atoms with Gasteiger partial charge in [0.25, 0.3) is 0 Å². The summed E-state index contributed by atoms with van der Waals surface area (Å²) in [6, 6.07) is 5.08. The summed E-state index contributed by atoms with van der Waals surface area (Å²) >= 11 is 11.9. The van der Waals surface area contributed by atoms with Crippen LogP contribution in [0.1, 0.15) is 13.3 Å². The molecule has 0 fully saturated rings. The van der Waals surface area contributed by atoms with E-state index in [1.54, 1.807) is 18.2 Å². The van der Waals surface area contributed by atoms with Gasteiger partial charge in [-0.1, -0.05) is 30.1 Å². The topological polar surface area (TPSA) is 55.4 Å². The molecule has 4 nitrogen and oxygen atoms in total. The zero-order chi connectivity index (χ0) is 15.6. The normalized spacial score (nSPS) is 21.7. The van der Waals surface area contributed by atoms with Gasteiger partial charge in [0, 0.05) is 16.8 Å². The fraction of sp³-hybridized carbons (Fsp3) is 0.333. The minimum Gasteiger partial charge on any atom is -0.468 e. The number of allylic oxidation sites excluding steroid dienone is 2. The fourth-order valence-corrected chi connectivity index (χ4v) is 2.85. The molecule has 1 aromatic carbocycles. The largest absolute Gasteiger partial charge is 0.468 e. The van der Waals surface area contributed by atoms with E-state index in [4.69, 9.17) is 23.2 Å². The number of ether oxygens (including phenoxy) is 1. The Kier molecular flexibility index (Phi) is 4.91. The number of esters is 1.